The zero-order valence-corrected chi connectivity index (χ0v) is 14.1. The van der Waals surface area contributed by atoms with E-state index in [9.17, 15) is 0 Å². The molecular formula is C22H23N. The highest BCUT2D eigenvalue weighted by molar-refractivity contribution is 6.20. The van der Waals surface area contributed by atoms with Gasteiger partial charge < -0.3 is 4.57 Å². The van der Waals surface area contributed by atoms with E-state index in [1.54, 1.807) is 0 Å². The fraction of sp³-hybridized carbons (Fsp3) is 0.273. The number of aryl methyl sites for hydroxylation is 1. The molecule has 1 unspecified atom stereocenters. The Bertz CT molecular complexity index is 1010. The fourth-order valence-electron chi connectivity index (χ4n) is 3.77. The van der Waals surface area contributed by atoms with E-state index < -0.39 is 0 Å². The zero-order valence-electron chi connectivity index (χ0n) is 14.1. The van der Waals surface area contributed by atoms with Gasteiger partial charge in [0, 0.05) is 28.4 Å². The molecule has 0 aliphatic carbocycles. The van der Waals surface area contributed by atoms with Crippen molar-refractivity contribution in [1.29, 1.82) is 0 Å². The fourth-order valence-corrected chi connectivity index (χ4v) is 3.77. The van der Waals surface area contributed by atoms with Crippen LogP contribution in [0.4, 0.5) is 0 Å². The van der Waals surface area contributed by atoms with Crippen LogP contribution in [-0.2, 0) is 6.54 Å². The molecule has 0 bridgehead atoms. The van der Waals surface area contributed by atoms with Gasteiger partial charge in [-0.3, -0.25) is 0 Å². The summed E-state index contributed by atoms with van der Waals surface area (Å²) in [6, 6.07) is 20.3. The van der Waals surface area contributed by atoms with Crippen molar-refractivity contribution in [3.63, 3.8) is 0 Å². The number of rotatable bonds is 3. The van der Waals surface area contributed by atoms with Crippen LogP contribution in [0.2, 0.25) is 0 Å². The third-order valence-corrected chi connectivity index (χ3v) is 5.28. The molecule has 23 heavy (non-hydrogen) atoms. The van der Waals surface area contributed by atoms with E-state index in [1.807, 2.05) is 0 Å². The smallest absolute Gasteiger partial charge is 0.0497 e. The molecule has 1 heterocycles. The number of fused-ring (bicyclic) bond motifs is 5. The highest BCUT2D eigenvalue weighted by atomic mass is 15.0. The first-order valence-electron chi connectivity index (χ1n) is 8.68. The second-order valence-electron chi connectivity index (χ2n) is 6.51. The maximum atomic E-state index is 2.44. The molecule has 0 radical (unpaired) electrons. The van der Waals surface area contributed by atoms with Crippen molar-refractivity contribution in [3.8, 4) is 0 Å². The van der Waals surface area contributed by atoms with E-state index >= 15 is 0 Å². The SMILES string of the molecule is CCC(C)c1ccc2c(c1)c1c3ccccc3ccc1n2CC. The number of nitrogens with zero attached hydrogens (tertiary/aromatic N) is 1. The molecule has 0 aliphatic rings. The molecule has 4 aromatic rings. The van der Waals surface area contributed by atoms with Gasteiger partial charge in [0.2, 0.25) is 0 Å². The van der Waals surface area contributed by atoms with Crippen LogP contribution in [0.3, 0.4) is 0 Å². The third kappa shape index (κ3) is 2.07. The van der Waals surface area contributed by atoms with E-state index in [2.05, 4.69) is 79.9 Å². The molecule has 0 fully saturated rings. The number of aromatic nitrogens is 1. The molecule has 1 nitrogen and oxygen atoms in total. The summed E-state index contributed by atoms with van der Waals surface area (Å²) in [5.41, 5.74) is 4.15. The highest BCUT2D eigenvalue weighted by Crippen LogP contribution is 2.36. The lowest BCUT2D eigenvalue weighted by molar-refractivity contribution is 0.734. The summed E-state index contributed by atoms with van der Waals surface area (Å²) >= 11 is 0. The summed E-state index contributed by atoms with van der Waals surface area (Å²) in [6.07, 6.45) is 1.18. The third-order valence-electron chi connectivity index (χ3n) is 5.28. The Labute approximate surface area is 137 Å². The number of benzene rings is 3. The molecule has 0 spiro atoms. The predicted octanol–water partition coefficient (Wildman–Crippen LogP) is 6.48. The summed E-state index contributed by atoms with van der Waals surface area (Å²) < 4.78 is 2.44. The lowest BCUT2D eigenvalue weighted by atomic mass is 9.96. The van der Waals surface area contributed by atoms with Gasteiger partial charge in [-0.1, -0.05) is 50.2 Å². The number of hydrogen-bond acceptors (Lipinski definition) is 0. The molecular weight excluding hydrogens is 278 g/mol. The van der Waals surface area contributed by atoms with Crippen molar-refractivity contribution < 1.29 is 0 Å². The minimum absolute atomic E-state index is 0.606. The maximum Gasteiger partial charge on any atom is 0.0497 e. The summed E-state index contributed by atoms with van der Waals surface area (Å²) in [7, 11) is 0. The van der Waals surface area contributed by atoms with Crippen molar-refractivity contribution in [2.45, 2.75) is 39.7 Å². The molecule has 0 amide bonds. The standard InChI is InChI=1S/C22H23N/c1-4-15(3)17-11-12-20-19(14-17)22-18-9-7-6-8-16(18)10-13-21(22)23(20)5-2/h6-15H,4-5H2,1-3H3. The Kier molecular flexibility index (Phi) is 3.37. The topological polar surface area (TPSA) is 4.93 Å². The molecule has 1 aromatic heterocycles. The van der Waals surface area contributed by atoms with Gasteiger partial charge in [-0.2, -0.15) is 0 Å². The molecule has 116 valence electrons. The van der Waals surface area contributed by atoms with Crippen LogP contribution in [0, 0.1) is 0 Å². The Morgan fingerprint density at radius 3 is 2.43 bits per heavy atom. The van der Waals surface area contributed by atoms with Crippen LogP contribution in [-0.4, -0.2) is 4.57 Å². The summed E-state index contributed by atoms with van der Waals surface area (Å²) in [6.45, 7) is 7.82. The van der Waals surface area contributed by atoms with Gasteiger partial charge in [-0.05, 0) is 53.8 Å². The quantitative estimate of drug-likeness (QED) is 0.408. The highest BCUT2D eigenvalue weighted by Gasteiger charge is 2.14. The van der Waals surface area contributed by atoms with Crippen molar-refractivity contribution in [2.75, 3.05) is 0 Å². The average molecular weight is 301 g/mol. The minimum atomic E-state index is 0.606. The zero-order chi connectivity index (χ0) is 16.0. The molecule has 0 aliphatic heterocycles. The summed E-state index contributed by atoms with van der Waals surface area (Å²) in [4.78, 5) is 0. The predicted molar refractivity (Wildman–Crippen MR) is 101 cm³/mol. The van der Waals surface area contributed by atoms with Gasteiger partial charge in [-0.15, -0.1) is 0 Å². The van der Waals surface area contributed by atoms with Crippen LogP contribution in [0.5, 0.6) is 0 Å². The van der Waals surface area contributed by atoms with Gasteiger partial charge >= 0.3 is 0 Å². The molecule has 0 saturated heterocycles. The Balaban J connectivity index is 2.19. The first-order chi connectivity index (χ1) is 11.2. The minimum Gasteiger partial charge on any atom is -0.341 e. The Morgan fingerprint density at radius 1 is 0.870 bits per heavy atom. The molecule has 3 aromatic carbocycles. The monoisotopic (exact) mass is 301 g/mol. The lowest BCUT2D eigenvalue weighted by Crippen LogP contribution is -1.94. The van der Waals surface area contributed by atoms with Gasteiger partial charge in [0.15, 0.2) is 0 Å². The van der Waals surface area contributed by atoms with E-state index in [4.69, 9.17) is 0 Å². The van der Waals surface area contributed by atoms with Crippen molar-refractivity contribution in [1.82, 2.24) is 4.57 Å². The first-order valence-corrected chi connectivity index (χ1v) is 8.68. The van der Waals surface area contributed by atoms with Crippen LogP contribution >= 0.6 is 0 Å². The van der Waals surface area contributed by atoms with Crippen molar-refractivity contribution >= 4 is 32.6 Å². The van der Waals surface area contributed by atoms with Gasteiger partial charge in [0.05, 0.1) is 0 Å². The lowest BCUT2D eigenvalue weighted by Gasteiger charge is -2.09. The molecule has 1 atom stereocenters. The van der Waals surface area contributed by atoms with Crippen LogP contribution in [0.25, 0.3) is 32.6 Å². The van der Waals surface area contributed by atoms with Crippen molar-refractivity contribution in [3.05, 3.63) is 60.2 Å². The maximum absolute atomic E-state index is 2.44. The van der Waals surface area contributed by atoms with Crippen LogP contribution in [0.15, 0.2) is 54.6 Å². The van der Waals surface area contributed by atoms with Gasteiger partial charge in [-0.25, -0.2) is 0 Å². The molecule has 4 rings (SSSR count). The summed E-state index contributed by atoms with van der Waals surface area (Å²) in [5.74, 6) is 0.606. The molecule has 1 heteroatoms. The average Bonchev–Trinajstić information content (AvgIpc) is 2.94. The Morgan fingerprint density at radius 2 is 1.65 bits per heavy atom. The van der Waals surface area contributed by atoms with Gasteiger partial charge in [0.25, 0.3) is 0 Å². The second kappa shape index (κ2) is 5.42. The second-order valence-corrected chi connectivity index (χ2v) is 6.51. The van der Waals surface area contributed by atoms with E-state index in [1.165, 1.54) is 44.6 Å². The Hall–Kier alpha value is -2.28. The normalized spacial score (nSPS) is 13.2. The molecule has 0 N–H and O–H groups in total. The van der Waals surface area contributed by atoms with E-state index in [0.29, 0.717) is 5.92 Å². The van der Waals surface area contributed by atoms with Crippen LogP contribution < -0.4 is 0 Å². The van der Waals surface area contributed by atoms with E-state index in [0.717, 1.165) is 6.54 Å². The summed E-state index contributed by atoms with van der Waals surface area (Å²) in [5, 5.41) is 5.49. The molecule has 0 saturated carbocycles. The first kappa shape index (κ1) is 14.3. The number of hydrogen-bond donors (Lipinski definition) is 0. The van der Waals surface area contributed by atoms with Gasteiger partial charge in [0.1, 0.15) is 0 Å². The van der Waals surface area contributed by atoms with Crippen LogP contribution in [0.1, 0.15) is 38.7 Å². The van der Waals surface area contributed by atoms with Crippen molar-refractivity contribution in [2.24, 2.45) is 0 Å². The largest absolute Gasteiger partial charge is 0.341 e. The van der Waals surface area contributed by atoms with E-state index in [-0.39, 0.29) is 0 Å².